The summed E-state index contributed by atoms with van der Waals surface area (Å²) in [5, 5.41) is 1.06. The first-order chi connectivity index (χ1) is 14.8. The monoisotopic (exact) mass is 399 g/mol. The van der Waals surface area contributed by atoms with E-state index in [9.17, 15) is 4.39 Å². The van der Waals surface area contributed by atoms with E-state index in [2.05, 4.69) is 20.9 Å². The fourth-order valence-corrected chi connectivity index (χ4v) is 3.96. The maximum Gasteiger partial charge on any atom is 0.163 e. The van der Waals surface area contributed by atoms with Gasteiger partial charge in [0.1, 0.15) is 11.6 Å². The molecule has 2 aromatic heterocycles. The average Bonchev–Trinajstić information content (AvgIpc) is 3.06. The fourth-order valence-electron chi connectivity index (χ4n) is 3.96. The van der Waals surface area contributed by atoms with Crippen molar-refractivity contribution in [2.24, 2.45) is 0 Å². The predicted molar refractivity (Wildman–Crippen MR) is 118 cm³/mol. The van der Waals surface area contributed by atoms with Crippen LogP contribution in [0.1, 0.15) is 6.42 Å². The summed E-state index contributed by atoms with van der Waals surface area (Å²) in [6, 6.07) is 18.8. The number of benzene rings is 2. The van der Waals surface area contributed by atoms with Gasteiger partial charge in [0.25, 0.3) is 0 Å². The SMILES string of the molecule is Fc1ccc(N2CCCN(c3nc(-c4cccnc4)nc4ccccc34)CC2)cc1. The number of anilines is 2. The lowest BCUT2D eigenvalue weighted by atomic mass is 10.2. The molecule has 1 fully saturated rings. The molecule has 0 radical (unpaired) electrons. The Morgan fingerprint density at radius 2 is 1.57 bits per heavy atom. The van der Waals surface area contributed by atoms with Crippen molar-refractivity contribution in [2.45, 2.75) is 6.42 Å². The number of hydrogen-bond donors (Lipinski definition) is 0. The number of aromatic nitrogens is 3. The first-order valence-electron chi connectivity index (χ1n) is 10.2. The molecule has 5 nitrogen and oxygen atoms in total. The molecule has 0 saturated carbocycles. The van der Waals surface area contributed by atoms with Crippen LogP contribution in [-0.4, -0.2) is 41.1 Å². The van der Waals surface area contributed by atoms with Gasteiger partial charge in [0, 0.05) is 55.2 Å². The van der Waals surface area contributed by atoms with E-state index in [-0.39, 0.29) is 5.82 Å². The van der Waals surface area contributed by atoms with Crippen LogP contribution in [0.3, 0.4) is 0 Å². The Balaban J connectivity index is 1.48. The van der Waals surface area contributed by atoms with E-state index in [1.165, 1.54) is 12.1 Å². The predicted octanol–water partition coefficient (Wildman–Crippen LogP) is 4.55. The highest BCUT2D eigenvalue weighted by Crippen LogP contribution is 2.28. The minimum atomic E-state index is -0.203. The summed E-state index contributed by atoms with van der Waals surface area (Å²) in [5.41, 5.74) is 2.90. The maximum absolute atomic E-state index is 13.3. The van der Waals surface area contributed by atoms with Gasteiger partial charge < -0.3 is 9.80 Å². The number of fused-ring (bicyclic) bond motifs is 1. The normalized spacial score (nSPS) is 14.7. The van der Waals surface area contributed by atoms with Crippen molar-refractivity contribution in [3.05, 3.63) is 78.9 Å². The zero-order chi connectivity index (χ0) is 20.3. The van der Waals surface area contributed by atoms with E-state index in [0.29, 0.717) is 5.82 Å². The Morgan fingerprint density at radius 3 is 2.40 bits per heavy atom. The number of hydrogen-bond acceptors (Lipinski definition) is 5. The Bertz CT molecular complexity index is 1150. The molecule has 150 valence electrons. The Hall–Kier alpha value is -3.54. The van der Waals surface area contributed by atoms with E-state index in [4.69, 9.17) is 9.97 Å². The van der Waals surface area contributed by atoms with Gasteiger partial charge in [0.15, 0.2) is 5.82 Å². The van der Waals surface area contributed by atoms with Crippen LogP contribution < -0.4 is 9.80 Å². The number of halogens is 1. The molecule has 0 aliphatic carbocycles. The quantitative estimate of drug-likeness (QED) is 0.506. The Kier molecular flexibility index (Phi) is 4.97. The summed E-state index contributed by atoms with van der Waals surface area (Å²) < 4.78 is 13.3. The lowest BCUT2D eigenvalue weighted by Crippen LogP contribution is -2.31. The molecule has 0 spiro atoms. The summed E-state index contributed by atoms with van der Waals surface area (Å²) in [4.78, 5) is 18.6. The van der Waals surface area contributed by atoms with Crippen LogP contribution >= 0.6 is 0 Å². The van der Waals surface area contributed by atoms with Gasteiger partial charge in [-0.1, -0.05) is 12.1 Å². The van der Waals surface area contributed by atoms with Gasteiger partial charge in [0.05, 0.1) is 5.52 Å². The van der Waals surface area contributed by atoms with Gasteiger partial charge in [-0.05, 0) is 55.0 Å². The van der Waals surface area contributed by atoms with Gasteiger partial charge in [-0.25, -0.2) is 14.4 Å². The molecule has 0 atom stereocenters. The van der Waals surface area contributed by atoms with Crippen LogP contribution in [0.25, 0.3) is 22.3 Å². The van der Waals surface area contributed by atoms with Crippen molar-refractivity contribution in [3.63, 3.8) is 0 Å². The number of nitrogens with zero attached hydrogens (tertiary/aromatic N) is 5. The molecule has 1 saturated heterocycles. The summed E-state index contributed by atoms with van der Waals surface area (Å²) in [7, 11) is 0. The highest BCUT2D eigenvalue weighted by atomic mass is 19.1. The van der Waals surface area contributed by atoms with Gasteiger partial charge >= 0.3 is 0 Å². The maximum atomic E-state index is 13.3. The van der Waals surface area contributed by atoms with Crippen molar-refractivity contribution in [1.82, 2.24) is 15.0 Å². The fraction of sp³-hybridized carbons (Fsp3) is 0.208. The molecule has 2 aromatic carbocycles. The average molecular weight is 399 g/mol. The highest BCUT2D eigenvalue weighted by molar-refractivity contribution is 5.91. The van der Waals surface area contributed by atoms with Crippen LogP contribution in [0.4, 0.5) is 15.9 Å². The second kappa shape index (κ2) is 8.06. The van der Waals surface area contributed by atoms with Crippen LogP contribution in [-0.2, 0) is 0 Å². The molecular formula is C24H22FN5. The highest BCUT2D eigenvalue weighted by Gasteiger charge is 2.20. The zero-order valence-corrected chi connectivity index (χ0v) is 16.6. The largest absolute Gasteiger partial charge is 0.370 e. The number of para-hydroxylation sites is 1. The number of pyridine rings is 1. The van der Waals surface area contributed by atoms with Crippen LogP contribution in [0.5, 0.6) is 0 Å². The van der Waals surface area contributed by atoms with Gasteiger partial charge in [-0.2, -0.15) is 0 Å². The minimum absolute atomic E-state index is 0.203. The van der Waals surface area contributed by atoms with Crippen molar-refractivity contribution in [1.29, 1.82) is 0 Å². The van der Waals surface area contributed by atoms with E-state index in [1.54, 1.807) is 12.4 Å². The molecule has 3 heterocycles. The lowest BCUT2D eigenvalue weighted by Gasteiger charge is -2.25. The topological polar surface area (TPSA) is 45.2 Å². The third-order valence-corrected chi connectivity index (χ3v) is 5.49. The third-order valence-electron chi connectivity index (χ3n) is 5.49. The van der Waals surface area contributed by atoms with E-state index in [0.717, 1.165) is 60.6 Å². The standard InChI is InChI=1S/C24H22FN5/c25-19-8-10-20(11-9-19)29-13-4-14-30(16-15-29)24-21-6-1-2-7-22(21)27-23(28-24)18-5-3-12-26-17-18/h1-3,5-12,17H,4,13-16H2. The van der Waals surface area contributed by atoms with Crippen molar-refractivity contribution in [2.75, 3.05) is 36.0 Å². The molecule has 1 aliphatic heterocycles. The molecular weight excluding hydrogens is 377 g/mol. The van der Waals surface area contributed by atoms with E-state index >= 15 is 0 Å². The molecule has 0 unspecified atom stereocenters. The first-order valence-corrected chi connectivity index (χ1v) is 10.2. The second-order valence-corrected chi connectivity index (χ2v) is 7.43. The zero-order valence-electron chi connectivity index (χ0n) is 16.6. The summed E-state index contributed by atoms with van der Waals surface area (Å²) in [6.45, 7) is 3.53. The molecule has 0 bridgehead atoms. The summed E-state index contributed by atoms with van der Waals surface area (Å²) >= 11 is 0. The molecule has 30 heavy (non-hydrogen) atoms. The van der Waals surface area contributed by atoms with Crippen LogP contribution in [0, 0.1) is 5.82 Å². The third kappa shape index (κ3) is 3.68. The summed E-state index contributed by atoms with van der Waals surface area (Å²) in [6.07, 6.45) is 4.55. The molecule has 0 N–H and O–H groups in total. The molecule has 4 aromatic rings. The van der Waals surface area contributed by atoms with Crippen LogP contribution in [0.15, 0.2) is 73.1 Å². The summed E-state index contributed by atoms with van der Waals surface area (Å²) in [5.74, 6) is 1.45. The molecule has 1 aliphatic rings. The smallest absolute Gasteiger partial charge is 0.163 e. The van der Waals surface area contributed by atoms with Gasteiger partial charge in [-0.15, -0.1) is 0 Å². The van der Waals surface area contributed by atoms with Crippen molar-refractivity contribution >= 4 is 22.4 Å². The second-order valence-electron chi connectivity index (χ2n) is 7.43. The van der Waals surface area contributed by atoms with Gasteiger partial charge in [-0.3, -0.25) is 4.98 Å². The molecule has 0 amide bonds. The Labute approximate surface area is 174 Å². The van der Waals surface area contributed by atoms with Crippen LogP contribution in [0.2, 0.25) is 0 Å². The van der Waals surface area contributed by atoms with Gasteiger partial charge in [0.2, 0.25) is 0 Å². The Morgan fingerprint density at radius 1 is 0.767 bits per heavy atom. The number of rotatable bonds is 3. The lowest BCUT2D eigenvalue weighted by molar-refractivity contribution is 0.627. The van der Waals surface area contributed by atoms with Crippen molar-refractivity contribution < 1.29 is 4.39 Å². The first kappa shape index (κ1) is 18.5. The van der Waals surface area contributed by atoms with E-state index in [1.807, 2.05) is 42.5 Å². The van der Waals surface area contributed by atoms with E-state index < -0.39 is 0 Å². The molecule has 5 rings (SSSR count). The van der Waals surface area contributed by atoms with Crippen molar-refractivity contribution in [3.8, 4) is 11.4 Å². The molecule has 6 heteroatoms. The minimum Gasteiger partial charge on any atom is -0.370 e.